The minimum atomic E-state index is -0.604. The van der Waals surface area contributed by atoms with Gasteiger partial charge in [-0.15, -0.1) is 0 Å². The molecule has 1 aliphatic heterocycles. The average Bonchev–Trinajstić information content (AvgIpc) is 2.60. The van der Waals surface area contributed by atoms with Crippen LogP contribution in [0.3, 0.4) is 0 Å². The van der Waals surface area contributed by atoms with Crippen LogP contribution in [0.2, 0.25) is 10.0 Å². The highest BCUT2D eigenvalue weighted by Crippen LogP contribution is 2.40. The van der Waals surface area contributed by atoms with E-state index < -0.39 is 18.1 Å². The second-order valence-electron chi connectivity index (χ2n) is 5.70. The Kier molecular flexibility index (Phi) is 5.16. The van der Waals surface area contributed by atoms with Crippen molar-refractivity contribution in [3.05, 3.63) is 63.6 Å². The van der Waals surface area contributed by atoms with Crippen molar-refractivity contribution < 1.29 is 14.3 Å². The van der Waals surface area contributed by atoms with Crippen LogP contribution in [0.4, 0.5) is 5.69 Å². The fourth-order valence-electron chi connectivity index (χ4n) is 2.92. The van der Waals surface area contributed by atoms with Crippen LogP contribution in [0.5, 0.6) is 0 Å². The van der Waals surface area contributed by atoms with E-state index in [1.807, 2.05) is 6.07 Å². The van der Waals surface area contributed by atoms with Crippen molar-refractivity contribution in [1.82, 2.24) is 5.32 Å². The lowest BCUT2D eigenvalue weighted by molar-refractivity contribution is -0.141. The molecule has 0 saturated carbocycles. The quantitative estimate of drug-likeness (QED) is 0.796. The van der Waals surface area contributed by atoms with Crippen LogP contribution in [-0.2, 0) is 9.53 Å². The smallest absolute Gasteiger partial charge is 0.328 e. The maximum atomic E-state index is 12.5. The maximum absolute atomic E-state index is 12.5. The van der Waals surface area contributed by atoms with Gasteiger partial charge in [0.05, 0.1) is 13.2 Å². The van der Waals surface area contributed by atoms with Gasteiger partial charge in [-0.2, -0.15) is 0 Å². The first-order valence-corrected chi connectivity index (χ1v) is 8.44. The number of anilines is 1. The molecule has 5 nitrogen and oxygen atoms in total. The predicted octanol–water partition coefficient (Wildman–Crippen LogP) is 3.82. The SMILES string of the molecule is COC(=O)C1CC(NC(=O)c2ccccc2)c2c(Cl)cc(Cl)cc2N1. The van der Waals surface area contributed by atoms with Gasteiger partial charge in [0.15, 0.2) is 0 Å². The van der Waals surface area contributed by atoms with Crippen molar-refractivity contribution >= 4 is 40.8 Å². The van der Waals surface area contributed by atoms with E-state index in [2.05, 4.69) is 10.6 Å². The maximum Gasteiger partial charge on any atom is 0.328 e. The van der Waals surface area contributed by atoms with Crippen LogP contribution in [0.1, 0.15) is 28.4 Å². The first-order valence-electron chi connectivity index (χ1n) is 7.69. The Balaban J connectivity index is 1.94. The van der Waals surface area contributed by atoms with E-state index in [1.54, 1.807) is 36.4 Å². The number of amides is 1. The van der Waals surface area contributed by atoms with E-state index in [-0.39, 0.29) is 5.91 Å². The Morgan fingerprint density at radius 1 is 1.20 bits per heavy atom. The number of ether oxygens (including phenoxy) is 1. The lowest BCUT2D eigenvalue weighted by Crippen LogP contribution is -2.41. The van der Waals surface area contributed by atoms with Crippen LogP contribution in [0.15, 0.2) is 42.5 Å². The summed E-state index contributed by atoms with van der Waals surface area (Å²) < 4.78 is 4.82. The number of halogens is 2. The monoisotopic (exact) mass is 378 g/mol. The average molecular weight is 379 g/mol. The summed E-state index contributed by atoms with van der Waals surface area (Å²) in [5.41, 5.74) is 1.84. The summed E-state index contributed by atoms with van der Waals surface area (Å²) in [6.45, 7) is 0. The number of carbonyl (C=O) groups excluding carboxylic acids is 2. The van der Waals surface area contributed by atoms with Gasteiger partial charge >= 0.3 is 5.97 Å². The van der Waals surface area contributed by atoms with Crippen molar-refractivity contribution in [3.8, 4) is 0 Å². The van der Waals surface area contributed by atoms with Gasteiger partial charge in [0.2, 0.25) is 0 Å². The molecule has 0 saturated heterocycles. The van der Waals surface area contributed by atoms with Crippen LogP contribution < -0.4 is 10.6 Å². The zero-order valence-electron chi connectivity index (χ0n) is 13.4. The number of hydrogen-bond acceptors (Lipinski definition) is 4. The number of hydrogen-bond donors (Lipinski definition) is 2. The number of esters is 1. The van der Waals surface area contributed by atoms with Crippen LogP contribution >= 0.6 is 23.2 Å². The molecule has 130 valence electrons. The zero-order valence-corrected chi connectivity index (χ0v) is 14.9. The molecule has 0 radical (unpaired) electrons. The molecule has 2 unspecified atom stereocenters. The van der Waals surface area contributed by atoms with Crippen LogP contribution in [0.25, 0.3) is 0 Å². The second-order valence-corrected chi connectivity index (χ2v) is 6.54. The molecule has 0 aliphatic carbocycles. The molecule has 0 bridgehead atoms. The highest BCUT2D eigenvalue weighted by atomic mass is 35.5. The fourth-order valence-corrected chi connectivity index (χ4v) is 3.54. The van der Waals surface area contributed by atoms with Crippen molar-refractivity contribution in [2.24, 2.45) is 0 Å². The molecule has 25 heavy (non-hydrogen) atoms. The molecule has 0 aromatic heterocycles. The van der Waals surface area contributed by atoms with Gasteiger partial charge in [0, 0.05) is 33.3 Å². The van der Waals surface area contributed by atoms with E-state index >= 15 is 0 Å². The van der Waals surface area contributed by atoms with E-state index in [1.165, 1.54) is 7.11 Å². The largest absolute Gasteiger partial charge is 0.467 e. The molecule has 2 aromatic rings. The number of nitrogens with one attached hydrogen (secondary N) is 2. The summed E-state index contributed by atoms with van der Waals surface area (Å²) >= 11 is 12.4. The third kappa shape index (κ3) is 3.72. The summed E-state index contributed by atoms with van der Waals surface area (Å²) in [6, 6.07) is 11.1. The van der Waals surface area contributed by atoms with Crippen molar-refractivity contribution in [3.63, 3.8) is 0 Å². The summed E-state index contributed by atoms with van der Waals surface area (Å²) in [5, 5.41) is 6.89. The molecule has 2 atom stereocenters. The van der Waals surface area contributed by atoms with Gasteiger partial charge in [-0.05, 0) is 24.3 Å². The van der Waals surface area contributed by atoms with Crippen LogP contribution in [-0.4, -0.2) is 25.0 Å². The first kappa shape index (κ1) is 17.6. The Labute approximate surface area is 155 Å². The fraction of sp³-hybridized carbons (Fsp3) is 0.222. The molecule has 1 heterocycles. The van der Waals surface area contributed by atoms with Crippen molar-refractivity contribution in [2.75, 3.05) is 12.4 Å². The Morgan fingerprint density at radius 2 is 1.92 bits per heavy atom. The van der Waals surface area contributed by atoms with E-state index in [0.29, 0.717) is 33.3 Å². The molecular formula is C18H16Cl2N2O3. The Morgan fingerprint density at radius 3 is 2.60 bits per heavy atom. The van der Waals surface area contributed by atoms with E-state index in [4.69, 9.17) is 27.9 Å². The van der Waals surface area contributed by atoms with Gasteiger partial charge in [-0.25, -0.2) is 4.79 Å². The lowest BCUT2D eigenvalue weighted by Gasteiger charge is -2.33. The molecule has 3 rings (SSSR count). The molecule has 0 spiro atoms. The Hall–Kier alpha value is -2.24. The summed E-state index contributed by atoms with van der Waals surface area (Å²) in [4.78, 5) is 24.5. The van der Waals surface area contributed by atoms with Crippen molar-refractivity contribution in [1.29, 1.82) is 0 Å². The molecule has 1 amide bonds. The third-order valence-corrected chi connectivity index (χ3v) is 4.60. The first-order chi connectivity index (χ1) is 12.0. The minimum Gasteiger partial charge on any atom is -0.467 e. The van der Waals surface area contributed by atoms with E-state index in [0.717, 1.165) is 0 Å². The molecule has 2 aromatic carbocycles. The van der Waals surface area contributed by atoms with Gasteiger partial charge in [-0.3, -0.25) is 4.79 Å². The number of carbonyl (C=O) groups is 2. The van der Waals surface area contributed by atoms with Crippen LogP contribution in [0, 0.1) is 0 Å². The van der Waals surface area contributed by atoms with Gasteiger partial charge in [-0.1, -0.05) is 41.4 Å². The number of benzene rings is 2. The number of fused-ring (bicyclic) bond motifs is 1. The normalized spacial score (nSPS) is 18.7. The topological polar surface area (TPSA) is 67.4 Å². The van der Waals surface area contributed by atoms with Gasteiger partial charge in [0.25, 0.3) is 5.91 Å². The number of rotatable bonds is 3. The molecular weight excluding hydrogens is 363 g/mol. The Bertz CT molecular complexity index is 811. The molecule has 1 aliphatic rings. The minimum absolute atomic E-state index is 0.243. The zero-order chi connectivity index (χ0) is 18.0. The molecule has 0 fully saturated rings. The highest BCUT2D eigenvalue weighted by molar-refractivity contribution is 6.35. The molecule has 7 heteroatoms. The second kappa shape index (κ2) is 7.33. The van der Waals surface area contributed by atoms with Gasteiger partial charge in [0.1, 0.15) is 6.04 Å². The number of methoxy groups -OCH3 is 1. The highest BCUT2D eigenvalue weighted by Gasteiger charge is 2.34. The predicted molar refractivity (Wildman–Crippen MR) is 97.2 cm³/mol. The summed E-state index contributed by atoms with van der Waals surface area (Å²) in [5.74, 6) is -0.659. The summed E-state index contributed by atoms with van der Waals surface area (Å²) in [7, 11) is 1.32. The lowest BCUT2D eigenvalue weighted by atomic mass is 9.92. The van der Waals surface area contributed by atoms with Crippen molar-refractivity contribution in [2.45, 2.75) is 18.5 Å². The standard InChI is InChI=1S/C18H16Cl2N2O3/c1-25-18(24)15-9-14(22-17(23)10-5-3-2-4-6-10)16-12(20)7-11(19)8-13(16)21-15/h2-8,14-15,21H,9H2,1H3,(H,22,23). The molecule has 2 N–H and O–H groups in total. The summed E-state index contributed by atoms with van der Waals surface area (Å²) in [6.07, 6.45) is 0.319. The van der Waals surface area contributed by atoms with E-state index in [9.17, 15) is 9.59 Å². The van der Waals surface area contributed by atoms with Gasteiger partial charge < -0.3 is 15.4 Å². The third-order valence-electron chi connectivity index (χ3n) is 4.07.